The van der Waals surface area contributed by atoms with Crippen LogP contribution in [0, 0.1) is 0 Å². The van der Waals surface area contributed by atoms with Crippen LogP contribution in [0.1, 0.15) is 41.7 Å². The highest BCUT2D eigenvalue weighted by atomic mass is 16.5. The molecule has 0 aliphatic heterocycles. The van der Waals surface area contributed by atoms with E-state index in [1.165, 1.54) is 66.3 Å². The minimum atomic E-state index is -0.103. The maximum atomic E-state index is 6.09. The van der Waals surface area contributed by atoms with Crippen LogP contribution in [0.25, 0.3) is 66.9 Å². The van der Waals surface area contributed by atoms with Gasteiger partial charge in [-0.05, 0) is 128 Å². The fraction of sp³-hybridized carbons (Fsp3) is 0.0820. The number of benzene rings is 9. The van der Waals surface area contributed by atoms with Gasteiger partial charge < -0.3 is 14.2 Å². The van der Waals surface area contributed by atoms with E-state index in [1.54, 1.807) is 0 Å². The highest BCUT2D eigenvalue weighted by molar-refractivity contribution is 6.10. The minimum Gasteiger partial charge on any atom is -0.372 e. The van der Waals surface area contributed by atoms with E-state index in [-0.39, 0.29) is 5.41 Å². The van der Waals surface area contributed by atoms with Crippen LogP contribution >= 0.6 is 0 Å². The lowest BCUT2D eigenvalue weighted by Crippen LogP contribution is -2.16. The third-order valence-electron chi connectivity index (χ3n) is 13.1. The van der Waals surface area contributed by atoms with Gasteiger partial charge in [0, 0.05) is 38.9 Å². The van der Waals surface area contributed by atoms with Crippen molar-refractivity contribution >= 4 is 44.9 Å². The van der Waals surface area contributed by atoms with Gasteiger partial charge in [0.1, 0.15) is 0 Å². The Hall–Kier alpha value is -7.72. The van der Waals surface area contributed by atoms with Gasteiger partial charge in [-0.25, -0.2) is 0 Å². The number of hydrogen-bond acceptors (Lipinski definition) is 2. The van der Waals surface area contributed by atoms with Gasteiger partial charge in [0.05, 0.1) is 24.2 Å². The van der Waals surface area contributed by atoms with Crippen molar-refractivity contribution in [3.05, 3.63) is 247 Å². The van der Waals surface area contributed by atoms with Crippen molar-refractivity contribution in [2.75, 3.05) is 4.90 Å². The largest absolute Gasteiger partial charge is 0.372 e. The number of hydrogen-bond donors (Lipinski definition) is 0. The first-order chi connectivity index (χ1) is 31.4. The van der Waals surface area contributed by atoms with Crippen LogP contribution in [0.3, 0.4) is 0 Å². The fourth-order valence-corrected chi connectivity index (χ4v) is 9.72. The average molecular weight is 825 g/mol. The molecule has 0 fully saturated rings. The predicted molar refractivity (Wildman–Crippen MR) is 269 cm³/mol. The molecule has 3 nitrogen and oxygen atoms in total. The van der Waals surface area contributed by atoms with Gasteiger partial charge in [-0.2, -0.15) is 0 Å². The summed E-state index contributed by atoms with van der Waals surface area (Å²) in [6, 6.07) is 77.2. The number of fused-ring (bicyclic) bond motifs is 6. The first-order valence-corrected chi connectivity index (χ1v) is 22.1. The zero-order chi connectivity index (χ0) is 43.2. The second-order valence-electron chi connectivity index (χ2n) is 17.4. The summed E-state index contributed by atoms with van der Waals surface area (Å²) in [5.74, 6) is 0. The maximum Gasteiger partial charge on any atom is 0.0721 e. The summed E-state index contributed by atoms with van der Waals surface area (Å²) in [4.78, 5) is 2.40. The van der Waals surface area contributed by atoms with Crippen molar-refractivity contribution < 1.29 is 4.74 Å². The molecule has 9 aromatic carbocycles. The molecule has 64 heavy (non-hydrogen) atoms. The SMILES string of the molecule is C=Cc1ccc(COCc2ccc(-n3c4ccccc4c4cc(-c5ccc(N(c6ccc(-c7ccccc7)cc6)c6ccc7c(c6)C(C)(C)c6ccccc6-7)cc5)ccc43)cc2)cc1. The lowest BCUT2D eigenvalue weighted by Gasteiger charge is -2.28. The highest BCUT2D eigenvalue weighted by Crippen LogP contribution is 2.50. The van der Waals surface area contributed by atoms with E-state index in [9.17, 15) is 0 Å². The molecule has 1 aliphatic carbocycles. The lowest BCUT2D eigenvalue weighted by atomic mass is 9.82. The van der Waals surface area contributed by atoms with E-state index < -0.39 is 0 Å². The van der Waals surface area contributed by atoms with Crippen molar-refractivity contribution in [1.82, 2.24) is 4.57 Å². The van der Waals surface area contributed by atoms with E-state index >= 15 is 0 Å². The topological polar surface area (TPSA) is 17.4 Å². The van der Waals surface area contributed by atoms with E-state index in [1.807, 2.05) is 6.08 Å². The minimum absolute atomic E-state index is 0.103. The molecule has 1 aliphatic rings. The van der Waals surface area contributed by atoms with E-state index in [0.717, 1.165) is 39.4 Å². The van der Waals surface area contributed by atoms with Crippen molar-refractivity contribution in [3.63, 3.8) is 0 Å². The summed E-state index contributed by atoms with van der Waals surface area (Å²) in [6.45, 7) is 9.67. The Morgan fingerprint density at radius 1 is 0.469 bits per heavy atom. The van der Waals surface area contributed by atoms with Crippen LogP contribution < -0.4 is 4.90 Å². The normalized spacial score (nSPS) is 12.6. The Balaban J connectivity index is 0.910. The Morgan fingerprint density at radius 3 is 1.72 bits per heavy atom. The first kappa shape index (κ1) is 39.1. The van der Waals surface area contributed by atoms with E-state index in [2.05, 4.69) is 242 Å². The van der Waals surface area contributed by atoms with Gasteiger partial charge in [-0.3, -0.25) is 0 Å². The van der Waals surface area contributed by atoms with Crippen molar-refractivity contribution in [2.24, 2.45) is 0 Å². The van der Waals surface area contributed by atoms with Crippen molar-refractivity contribution in [2.45, 2.75) is 32.5 Å². The van der Waals surface area contributed by atoms with Gasteiger partial charge in [0.2, 0.25) is 0 Å². The quantitative estimate of drug-likeness (QED) is 0.129. The standard InChI is InChI=1S/C61H48N2O/c1-4-42-18-20-43(21-19-42)40-64-41-44-22-29-51(30-23-44)63-59-17-11-9-15-55(59)56-38-48(28-37-60(56)63)47-26-33-50(34-27-47)62(49-31-24-46(25-32-49)45-12-6-5-7-13-45)52-35-36-54-53-14-8-10-16-57(53)61(2,3)58(54)39-52/h4-39H,1,40-41H2,2-3H3. The Bertz CT molecular complexity index is 3300. The molecule has 0 N–H and O–H groups in total. The van der Waals surface area contributed by atoms with Crippen molar-refractivity contribution in [1.29, 1.82) is 0 Å². The summed E-state index contributed by atoms with van der Waals surface area (Å²) in [7, 11) is 0. The summed E-state index contributed by atoms with van der Waals surface area (Å²) in [6.07, 6.45) is 1.86. The Morgan fingerprint density at radius 2 is 1.02 bits per heavy atom. The second-order valence-corrected chi connectivity index (χ2v) is 17.4. The van der Waals surface area contributed by atoms with Crippen LogP contribution in [0.15, 0.2) is 219 Å². The number of anilines is 3. The van der Waals surface area contributed by atoms with E-state index in [0.29, 0.717) is 13.2 Å². The third kappa shape index (κ3) is 7.01. The number of aromatic nitrogens is 1. The molecule has 11 rings (SSSR count). The first-order valence-electron chi connectivity index (χ1n) is 22.1. The molecule has 10 aromatic rings. The van der Waals surface area contributed by atoms with Gasteiger partial charge >= 0.3 is 0 Å². The highest BCUT2D eigenvalue weighted by Gasteiger charge is 2.35. The third-order valence-corrected chi connectivity index (χ3v) is 13.1. The monoisotopic (exact) mass is 824 g/mol. The molecule has 0 radical (unpaired) electrons. The second kappa shape index (κ2) is 16.2. The van der Waals surface area contributed by atoms with Gasteiger partial charge in [0.15, 0.2) is 0 Å². The molecule has 1 heterocycles. The fourth-order valence-electron chi connectivity index (χ4n) is 9.72. The van der Waals surface area contributed by atoms with Crippen LogP contribution in [0.4, 0.5) is 17.1 Å². The maximum absolute atomic E-state index is 6.09. The molecule has 0 unspecified atom stereocenters. The van der Waals surface area contributed by atoms with Crippen LogP contribution in [0.2, 0.25) is 0 Å². The summed E-state index contributed by atoms with van der Waals surface area (Å²) < 4.78 is 8.47. The molecule has 308 valence electrons. The molecule has 0 saturated carbocycles. The van der Waals surface area contributed by atoms with Gasteiger partial charge in [-0.15, -0.1) is 0 Å². The molecule has 3 heteroatoms. The van der Waals surface area contributed by atoms with Crippen molar-refractivity contribution in [3.8, 4) is 39.1 Å². The Labute approximate surface area is 375 Å². The molecule has 1 aromatic heterocycles. The molecule has 0 saturated heterocycles. The number of nitrogens with zero attached hydrogens (tertiary/aromatic N) is 2. The smallest absolute Gasteiger partial charge is 0.0721 e. The molecule has 0 atom stereocenters. The average Bonchev–Trinajstić information content (AvgIpc) is 3.80. The van der Waals surface area contributed by atoms with Crippen LogP contribution in [0.5, 0.6) is 0 Å². The van der Waals surface area contributed by atoms with Gasteiger partial charge in [-0.1, -0.05) is 172 Å². The molecule has 0 bridgehead atoms. The summed E-state index contributed by atoms with van der Waals surface area (Å²) in [5.41, 5.74) is 20.3. The summed E-state index contributed by atoms with van der Waals surface area (Å²) in [5, 5.41) is 2.46. The Kier molecular flexibility index (Phi) is 9.91. The zero-order valence-corrected chi connectivity index (χ0v) is 36.2. The van der Waals surface area contributed by atoms with Gasteiger partial charge in [0.25, 0.3) is 0 Å². The molecular weight excluding hydrogens is 777 g/mol. The number of para-hydroxylation sites is 1. The lowest BCUT2D eigenvalue weighted by molar-refractivity contribution is 0.107. The molecule has 0 amide bonds. The number of rotatable bonds is 11. The van der Waals surface area contributed by atoms with Crippen LogP contribution in [-0.4, -0.2) is 4.57 Å². The van der Waals surface area contributed by atoms with E-state index in [4.69, 9.17) is 4.74 Å². The number of ether oxygens (including phenoxy) is 1. The molecular formula is C61H48N2O. The zero-order valence-electron chi connectivity index (χ0n) is 36.2. The predicted octanol–water partition coefficient (Wildman–Crippen LogP) is 16.3. The van der Waals surface area contributed by atoms with Crippen LogP contribution in [-0.2, 0) is 23.4 Å². The summed E-state index contributed by atoms with van der Waals surface area (Å²) >= 11 is 0. The molecule has 0 spiro atoms.